The maximum absolute atomic E-state index is 13.2. The van der Waals surface area contributed by atoms with Crippen molar-refractivity contribution in [3.63, 3.8) is 0 Å². The molecule has 2 aromatic carbocycles. The number of halogens is 3. The lowest BCUT2D eigenvalue weighted by Gasteiger charge is -2.24. The molecule has 7 heteroatoms. The Morgan fingerprint density at radius 1 is 1.04 bits per heavy atom. The van der Waals surface area contributed by atoms with Gasteiger partial charge in [-0.15, -0.1) is 0 Å². The molecule has 0 aromatic heterocycles. The van der Waals surface area contributed by atoms with E-state index in [1.807, 2.05) is 19.9 Å². The number of alkyl halides is 3. The summed E-state index contributed by atoms with van der Waals surface area (Å²) in [6.07, 6.45) is -4.63. The van der Waals surface area contributed by atoms with Crippen molar-refractivity contribution >= 4 is 23.2 Å². The maximum atomic E-state index is 13.2. The van der Waals surface area contributed by atoms with E-state index in [0.717, 1.165) is 29.0 Å². The van der Waals surface area contributed by atoms with Crippen LogP contribution in [-0.2, 0) is 15.8 Å². The van der Waals surface area contributed by atoms with Gasteiger partial charge in [-0.3, -0.25) is 9.59 Å². The van der Waals surface area contributed by atoms with E-state index in [0.29, 0.717) is 5.69 Å². The van der Waals surface area contributed by atoms with Gasteiger partial charge in [-0.25, -0.2) is 0 Å². The predicted molar refractivity (Wildman–Crippen MR) is 94.0 cm³/mol. The van der Waals surface area contributed by atoms with Crippen molar-refractivity contribution < 1.29 is 22.8 Å². The van der Waals surface area contributed by atoms with Crippen LogP contribution in [-0.4, -0.2) is 18.4 Å². The zero-order valence-electron chi connectivity index (χ0n) is 14.6. The first-order chi connectivity index (χ1) is 12.1. The van der Waals surface area contributed by atoms with Gasteiger partial charge in [0.25, 0.3) is 0 Å². The highest BCUT2D eigenvalue weighted by atomic mass is 19.4. The van der Waals surface area contributed by atoms with Crippen LogP contribution >= 0.6 is 0 Å². The van der Waals surface area contributed by atoms with Crippen molar-refractivity contribution in [3.05, 3.63) is 59.2 Å². The lowest BCUT2D eigenvalue weighted by molar-refractivity contribution is -0.137. The van der Waals surface area contributed by atoms with Gasteiger partial charge in [0.05, 0.1) is 11.3 Å². The highest BCUT2D eigenvalue weighted by Crippen LogP contribution is 2.36. The first-order valence-electron chi connectivity index (χ1n) is 7.91. The molecule has 0 heterocycles. The summed E-state index contributed by atoms with van der Waals surface area (Å²) in [4.78, 5) is 25.1. The number of anilines is 2. The minimum Gasteiger partial charge on any atom is -0.324 e. The first-order valence-corrected chi connectivity index (χ1v) is 7.91. The molecule has 0 saturated heterocycles. The second kappa shape index (κ2) is 7.59. The molecule has 138 valence electrons. The molecule has 2 aromatic rings. The van der Waals surface area contributed by atoms with Crippen LogP contribution in [0.1, 0.15) is 23.6 Å². The van der Waals surface area contributed by atoms with Crippen LogP contribution in [0.5, 0.6) is 0 Å². The van der Waals surface area contributed by atoms with E-state index in [4.69, 9.17) is 0 Å². The molecular formula is C19H19F3N2O2. The van der Waals surface area contributed by atoms with Crippen LogP contribution in [0.4, 0.5) is 24.5 Å². The van der Waals surface area contributed by atoms with Crippen molar-refractivity contribution in [3.8, 4) is 0 Å². The van der Waals surface area contributed by atoms with Gasteiger partial charge < -0.3 is 10.2 Å². The molecule has 1 N–H and O–H groups in total. The van der Waals surface area contributed by atoms with Crippen LogP contribution in [0.15, 0.2) is 42.5 Å². The third kappa shape index (κ3) is 4.41. The fraction of sp³-hybridized carbons (Fsp3) is 0.263. The van der Waals surface area contributed by atoms with Gasteiger partial charge in [0.2, 0.25) is 11.8 Å². The highest BCUT2D eigenvalue weighted by molar-refractivity contribution is 6.02. The molecule has 2 rings (SSSR count). The molecule has 0 aliphatic carbocycles. The van der Waals surface area contributed by atoms with Crippen molar-refractivity contribution in [2.24, 2.45) is 0 Å². The van der Waals surface area contributed by atoms with Crippen LogP contribution in [0.3, 0.4) is 0 Å². The van der Waals surface area contributed by atoms with Crippen molar-refractivity contribution in [2.45, 2.75) is 26.9 Å². The van der Waals surface area contributed by atoms with E-state index in [1.54, 1.807) is 12.1 Å². The number of aryl methyl sites for hydroxylation is 1. The molecule has 0 spiro atoms. The molecule has 0 fully saturated rings. The Balaban J connectivity index is 2.29. The molecule has 2 amide bonds. The minimum atomic E-state index is -4.63. The first kappa shape index (κ1) is 19.5. The van der Waals surface area contributed by atoms with Crippen LogP contribution in [0, 0.1) is 13.8 Å². The Labute approximate surface area is 149 Å². The van der Waals surface area contributed by atoms with E-state index in [-0.39, 0.29) is 5.69 Å². The average molecular weight is 364 g/mol. The fourth-order valence-corrected chi connectivity index (χ4v) is 2.53. The molecule has 0 aliphatic heterocycles. The summed E-state index contributed by atoms with van der Waals surface area (Å²) in [7, 11) is 0. The lowest BCUT2D eigenvalue weighted by atomic mass is 10.1. The number of amides is 2. The fourth-order valence-electron chi connectivity index (χ4n) is 2.53. The Morgan fingerprint density at radius 3 is 2.31 bits per heavy atom. The van der Waals surface area contributed by atoms with Crippen molar-refractivity contribution in [1.82, 2.24) is 0 Å². The third-order valence-corrected chi connectivity index (χ3v) is 4.06. The van der Waals surface area contributed by atoms with Gasteiger partial charge in [-0.1, -0.05) is 24.3 Å². The second-order valence-electron chi connectivity index (χ2n) is 5.92. The molecule has 0 radical (unpaired) electrons. The van der Waals surface area contributed by atoms with Gasteiger partial charge in [0, 0.05) is 12.6 Å². The third-order valence-electron chi connectivity index (χ3n) is 4.06. The largest absolute Gasteiger partial charge is 0.418 e. The summed E-state index contributed by atoms with van der Waals surface area (Å²) in [6.45, 7) is 4.31. The molecule has 0 atom stereocenters. The summed E-state index contributed by atoms with van der Waals surface area (Å²) in [5.41, 5.74) is 1.07. The molecule has 0 aliphatic rings. The Hall–Kier alpha value is -2.83. The van der Waals surface area contributed by atoms with E-state index in [9.17, 15) is 22.8 Å². The number of nitrogens with one attached hydrogen (secondary N) is 1. The summed E-state index contributed by atoms with van der Waals surface area (Å²) >= 11 is 0. The number of benzene rings is 2. The zero-order valence-corrected chi connectivity index (χ0v) is 14.6. The van der Waals surface area contributed by atoms with E-state index >= 15 is 0 Å². The van der Waals surface area contributed by atoms with Crippen molar-refractivity contribution in [2.75, 3.05) is 16.8 Å². The van der Waals surface area contributed by atoms with Gasteiger partial charge in [-0.05, 0) is 43.2 Å². The second-order valence-corrected chi connectivity index (χ2v) is 5.92. The average Bonchev–Trinajstić information content (AvgIpc) is 2.56. The molecule has 0 bridgehead atoms. The Kier molecular flexibility index (Phi) is 5.69. The van der Waals surface area contributed by atoms with Crippen LogP contribution < -0.4 is 10.2 Å². The monoisotopic (exact) mass is 364 g/mol. The minimum absolute atomic E-state index is 0.344. The summed E-state index contributed by atoms with van der Waals surface area (Å²) < 4.78 is 39.6. The number of carbonyl (C=O) groups is 2. The van der Waals surface area contributed by atoms with Gasteiger partial charge in [0.1, 0.15) is 6.54 Å². The number of rotatable bonds is 4. The molecule has 4 nitrogen and oxygen atoms in total. The summed E-state index contributed by atoms with van der Waals surface area (Å²) in [5, 5.41) is 2.65. The smallest absolute Gasteiger partial charge is 0.324 e. The van der Waals surface area contributed by atoms with E-state index in [1.165, 1.54) is 18.2 Å². The Bertz CT molecular complexity index is 832. The number of para-hydroxylation sites is 1. The lowest BCUT2D eigenvalue weighted by Crippen LogP contribution is -2.38. The topological polar surface area (TPSA) is 49.4 Å². The molecule has 0 saturated carbocycles. The summed E-state index contributed by atoms with van der Waals surface area (Å²) in [6, 6.07) is 10.0. The maximum Gasteiger partial charge on any atom is 0.418 e. The number of hydrogen-bond acceptors (Lipinski definition) is 2. The number of nitrogens with zero attached hydrogens (tertiary/aromatic N) is 1. The number of carbonyl (C=O) groups excluding carboxylic acids is 2. The SMILES string of the molecule is CC(=O)N(CC(=O)Nc1cccc(C)c1C)c1ccccc1C(F)(F)F. The normalized spacial score (nSPS) is 11.2. The van der Waals surface area contributed by atoms with Gasteiger partial charge >= 0.3 is 6.18 Å². The van der Waals surface area contributed by atoms with Gasteiger partial charge in [-0.2, -0.15) is 13.2 Å². The Morgan fingerprint density at radius 2 is 1.69 bits per heavy atom. The van der Waals surface area contributed by atoms with Crippen LogP contribution in [0.25, 0.3) is 0 Å². The van der Waals surface area contributed by atoms with Gasteiger partial charge in [0.15, 0.2) is 0 Å². The van der Waals surface area contributed by atoms with E-state index < -0.39 is 30.1 Å². The standard InChI is InChI=1S/C19H19F3N2O2/c1-12-7-6-9-16(13(12)2)23-18(26)11-24(14(3)25)17-10-5-4-8-15(17)19(20,21)22/h4-10H,11H2,1-3H3,(H,23,26). The molecule has 26 heavy (non-hydrogen) atoms. The van der Waals surface area contributed by atoms with E-state index in [2.05, 4.69) is 5.32 Å². The van der Waals surface area contributed by atoms with Crippen LogP contribution in [0.2, 0.25) is 0 Å². The predicted octanol–water partition coefficient (Wildman–Crippen LogP) is 4.31. The molecule has 0 unspecified atom stereocenters. The number of hydrogen-bond donors (Lipinski definition) is 1. The zero-order chi connectivity index (χ0) is 19.5. The quantitative estimate of drug-likeness (QED) is 0.879. The van der Waals surface area contributed by atoms with Crippen molar-refractivity contribution in [1.29, 1.82) is 0 Å². The molecular weight excluding hydrogens is 345 g/mol. The highest BCUT2D eigenvalue weighted by Gasteiger charge is 2.35. The summed E-state index contributed by atoms with van der Waals surface area (Å²) in [5.74, 6) is -1.23.